The van der Waals surface area contributed by atoms with E-state index < -0.39 is 5.97 Å². The standard InChI is InChI=1S/C20H17BrN2O5/c1-3-28-17-10-12(9-16(21)18(17)24)8-15-11(2)22-23(19(15)25)14-6-4-13(5-7-14)20(26)27/h4-10,24H,3H2,1-2H3,(H,26,27)/b15-8-. The van der Waals surface area contributed by atoms with Gasteiger partial charge in [-0.3, -0.25) is 4.79 Å². The Morgan fingerprint density at radius 1 is 1.29 bits per heavy atom. The van der Waals surface area contributed by atoms with E-state index in [9.17, 15) is 14.7 Å². The number of aromatic carboxylic acids is 1. The molecule has 0 radical (unpaired) electrons. The highest BCUT2D eigenvalue weighted by molar-refractivity contribution is 9.10. The second-order valence-corrected chi connectivity index (χ2v) is 6.85. The third kappa shape index (κ3) is 3.77. The smallest absolute Gasteiger partial charge is 0.335 e. The minimum absolute atomic E-state index is 0.00714. The zero-order valence-corrected chi connectivity index (χ0v) is 16.7. The maximum absolute atomic E-state index is 12.8. The first-order valence-corrected chi connectivity index (χ1v) is 9.21. The van der Waals surface area contributed by atoms with Crippen molar-refractivity contribution in [3.63, 3.8) is 0 Å². The summed E-state index contributed by atoms with van der Waals surface area (Å²) in [5.41, 5.74) is 2.18. The van der Waals surface area contributed by atoms with Gasteiger partial charge in [0.2, 0.25) is 0 Å². The van der Waals surface area contributed by atoms with E-state index in [4.69, 9.17) is 9.84 Å². The number of hydrazone groups is 1. The zero-order valence-electron chi connectivity index (χ0n) is 15.1. The van der Waals surface area contributed by atoms with Gasteiger partial charge in [-0.15, -0.1) is 0 Å². The third-order valence-corrected chi connectivity index (χ3v) is 4.69. The SMILES string of the molecule is CCOc1cc(/C=C2\C(=O)N(c3ccc(C(=O)O)cc3)N=C2C)cc(Br)c1O. The number of phenols is 1. The first-order chi connectivity index (χ1) is 13.3. The topological polar surface area (TPSA) is 99.4 Å². The van der Waals surface area contributed by atoms with Gasteiger partial charge in [0, 0.05) is 0 Å². The van der Waals surface area contributed by atoms with E-state index >= 15 is 0 Å². The van der Waals surface area contributed by atoms with E-state index in [1.165, 1.54) is 29.3 Å². The molecule has 2 N–H and O–H groups in total. The number of anilines is 1. The fourth-order valence-corrected chi connectivity index (χ4v) is 3.17. The molecular weight excluding hydrogens is 428 g/mol. The molecule has 1 heterocycles. The number of hydrogen-bond donors (Lipinski definition) is 2. The van der Waals surface area contributed by atoms with E-state index in [1.807, 2.05) is 6.92 Å². The second-order valence-electron chi connectivity index (χ2n) is 5.99. The molecule has 1 amide bonds. The highest BCUT2D eigenvalue weighted by atomic mass is 79.9. The summed E-state index contributed by atoms with van der Waals surface area (Å²) in [5.74, 6) is -1.07. The Labute approximate surface area is 169 Å². The van der Waals surface area contributed by atoms with Gasteiger partial charge in [0.1, 0.15) is 0 Å². The molecule has 8 heteroatoms. The van der Waals surface area contributed by atoms with Crippen molar-refractivity contribution in [2.75, 3.05) is 11.6 Å². The number of benzene rings is 2. The average molecular weight is 445 g/mol. The van der Waals surface area contributed by atoms with Gasteiger partial charge < -0.3 is 14.9 Å². The lowest BCUT2D eigenvalue weighted by atomic mass is 10.1. The van der Waals surface area contributed by atoms with Gasteiger partial charge in [-0.05, 0) is 77.8 Å². The lowest BCUT2D eigenvalue weighted by molar-refractivity contribution is -0.114. The van der Waals surface area contributed by atoms with Crippen molar-refractivity contribution in [3.05, 3.63) is 57.6 Å². The number of nitrogens with zero attached hydrogens (tertiary/aromatic N) is 2. The molecule has 0 fully saturated rings. The molecule has 144 valence electrons. The van der Waals surface area contributed by atoms with Crippen LogP contribution in [0.5, 0.6) is 11.5 Å². The number of aromatic hydroxyl groups is 1. The molecule has 0 aliphatic carbocycles. The Morgan fingerprint density at radius 3 is 2.57 bits per heavy atom. The summed E-state index contributed by atoms with van der Waals surface area (Å²) in [6.45, 7) is 3.91. The predicted octanol–water partition coefficient (Wildman–Crippen LogP) is 4.06. The molecule has 1 aliphatic rings. The van der Waals surface area contributed by atoms with E-state index in [2.05, 4.69) is 21.0 Å². The van der Waals surface area contributed by atoms with Crippen LogP contribution in [0.2, 0.25) is 0 Å². The molecule has 0 bridgehead atoms. The van der Waals surface area contributed by atoms with Crippen LogP contribution in [0.4, 0.5) is 5.69 Å². The minimum Gasteiger partial charge on any atom is -0.503 e. The summed E-state index contributed by atoms with van der Waals surface area (Å²) in [4.78, 5) is 23.8. The number of carboxylic acids is 1. The van der Waals surface area contributed by atoms with Crippen LogP contribution in [0.25, 0.3) is 6.08 Å². The van der Waals surface area contributed by atoms with E-state index in [1.54, 1.807) is 25.1 Å². The second kappa shape index (κ2) is 7.85. The summed E-state index contributed by atoms with van der Waals surface area (Å²) in [7, 11) is 0. The van der Waals surface area contributed by atoms with E-state index in [0.717, 1.165) is 0 Å². The maximum atomic E-state index is 12.8. The van der Waals surface area contributed by atoms with Crippen molar-refractivity contribution >= 4 is 45.3 Å². The van der Waals surface area contributed by atoms with Crippen LogP contribution in [0.3, 0.4) is 0 Å². The molecule has 0 atom stereocenters. The Balaban J connectivity index is 1.93. The number of rotatable bonds is 5. The Hall–Kier alpha value is -3.13. The van der Waals surface area contributed by atoms with Gasteiger partial charge in [0.25, 0.3) is 5.91 Å². The molecule has 28 heavy (non-hydrogen) atoms. The quantitative estimate of drug-likeness (QED) is 0.677. The highest BCUT2D eigenvalue weighted by Crippen LogP contribution is 2.36. The van der Waals surface area contributed by atoms with Crippen LogP contribution < -0.4 is 9.75 Å². The maximum Gasteiger partial charge on any atom is 0.335 e. The lowest BCUT2D eigenvalue weighted by Crippen LogP contribution is -2.21. The molecule has 0 unspecified atom stereocenters. The molecule has 0 saturated carbocycles. The summed E-state index contributed by atoms with van der Waals surface area (Å²) in [6.07, 6.45) is 1.67. The third-order valence-electron chi connectivity index (χ3n) is 4.08. The first-order valence-electron chi connectivity index (χ1n) is 8.42. The van der Waals surface area contributed by atoms with Crippen molar-refractivity contribution in [3.8, 4) is 11.5 Å². The fraction of sp³-hybridized carbons (Fsp3) is 0.150. The number of carbonyl (C=O) groups is 2. The van der Waals surface area contributed by atoms with Gasteiger partial charge in [0.05, 0.1) is 33.6 Å². The molecule has 0 saturated heterocycles. The van der Waals surface area contributed by atoms with Crippen LogP contribution in [-0.2, 0) is 4.79 Å². The summed E-state index contributed by atoms with van der Waals surface area (Å²) >= 11 is 3.28. The number of ether oxygens (including phenoxy) is 1. The van der Waals surface area contributed by atoms with Crippen LogP contribution in [0, 0.1) is 0 Å². The van der Waals surface area contributed by atoms with Gasteiger partial charge in [-0.25, -0.2) is 4.79 Å². The molecule has 1 aliphatic heterocycles. The van der Waals surface area contributed by atoms with Crippen LogP contribution >= 0.6 is 15.9 Å². The summed E-state index contributed by atoms with van der Waals surface area (Å²) < 4.78 is 5.86. The van der Waals surface area contributed by atoms with Gasteiger partial charge in [-0.2, -0.15) is 10.1 Å². The molecule has 2 aromatic rings. The normalized spacial score (nSPS) is 15.1. The number of halogens is 1. The molecular formula is C20H17BrN2O5. The largest absolute Gasteiger partial charge is 0.503 e. The van der Waals surface area contributed by atoms with Gasteiger partial charge in [-0.1, -0.05) is 0 Å². The first kappa shape index (κ1) is 19.6. The number of carbonyl (C=O) groups excluding carboxylic acids is 1. The van der Waals surface area contributed by atoms with E-state index in [0.29, 0.717) is 39.4 Å². The Bertz CT molecular complexity index is 1010. The summed E-state index contributed by atoms with van der Waals surface area (Å²) in [6, 6.07) is 9.22. The Morgan fingerprint density at radius 2 is 1.96 bits per heavy atom. The molecule has 0 aromatic heterocycles. The molecule has 2 aromatic carbocycles. The number of amides is 1. The Kier molecular flexibility index (Phi) is 5.51. The van der Waals surface area contributed by atoms with Crippen molar-refractivity contribution in [1.82, 2.24) is 0 Å². The highest BCUT2D eigenvalue weighted by Gasteiger charge is 2.29. The lowest BCUT2D eigenvalue weighted by Gasteiger charge is -2.12. The fourth-order valence-electron chi connectivity index (χ4n) is 2.71. The monoisotopic (exact) mass is 444 g/mol. The minimum atomic E-state index is -1.04. The molecule has 3 rings (SSSR count). The van der Waals surface area contributed by atoms with Crippen molar-refractivity contribution < 1.29 is 24.5 Å². The average Bonchev–Trinajstić information content (AvgIpc) is 2.94. The van der Waals surface area contributed by atoms with Crippen LogP contribution in [-0.4, -0.2) is 34.4 Å². The van der Waals surface area contributed by atoms with Gasteiger partial charge >= 0.3 is 5.97 Å². The van der Waals surface area contributed by atoms with Crippen LogP contribution in [0.1, 0.15) is 29.8 Å². The van der Waals surface area contributed by atoms with E-state index in [-0.39, 0.29) is 17.2 Å². The number of hydrogen-bond acceptors (Lipinski definition) is 5. The van der Waals surface area contributed by atoms with Crippen LogP contribution in [0.15, 0.2) is 51.5 Å². The number of phenolic OH excluding ortho intramolecular Hbond substituents is 1. The van der Waals surface area contributed by atoms with Crippen molar-refractivity contribution in [2.24, 2.45) is 5.10 Å². The molecule has 0 spiro atoms. The number of carboxylic acid groups (broad SMARTS) is 1. The molecule has 7 nitrogen and oxygen atoms in total. The summed E-state index contributed by atoms with van der Waals surface area (Å²) in [5, 5.41) is 24.5. The van der Waals surface area contributed by atoms with Gasteiger partial charge in [0.15, 0.2) is 11.5 Å². The van der Waals surface area contributed by atoms with Crippen molar-refractivity contribution in [2.45, 2.75) is 13.8 Å². The predicted molar refractivity (Wildman–Crippen MR) is 109 cm³/mol. The zero-order chi connectivity index (χ0) is 20.4. The van der Waals surface area contributed by atoms with Crippen molar-refractivity contribution in [1.29, 1.82) is 0 Å².